The fourth-order valence-electron chi connectivity index (χ4n) is 1.62. The maximum atomic E-state index is 12.0. The van der Waals surface area contributed by atoms with E-state index in [-0.39, 0.29) is 12.5 Å². The van der Waals surface area contributed by atoms with Gasteiger partial charge in [0.05, 0.1) is 0 Å². The molecule has 18 heavy (non-hydrogen) atoms. The van der Waals surface area contributed by atoms with Gasteiger partial charge >= 0.3 is 0 Å². The molecule has 0 aliphatic heterocycles. The quantitative estimate of drug-likeness (QED) is 0.763. The van der Waals surface area contributed by atoms with Crippen LogP contribution in [-0.4, -0.2) is 37.0 Å². The Bertz CT molecular complexity index is 341. The molecule has 0 atom stereocenters. The summed E-state index contributed by atoms with van der Waals surface area (Å²) < 4.78 is 5.44. The summed E-state index contributed by atoms with van der Waals surface area (Å²) >= 11 is 0. The molecule has 0 unspecified atom stereocenters. The molecule has 0 radical (unpaired) electrons. The van der Waals surface area contributed by atoms with E-state index in [1.54, 1.807) is 4.90 Å². The summed E-state index contributed by atoms with van der Waals surface area (Å²) in [6, 6.07) is 9.36. The maximum absolute atomic E-state index is 12.0. The first-order chi connectivity index (χ1) is 8.77. The van der Waals surface area contributed by atoms with Crippen molar-refractivity contribution in [3.8, 4) is 5.75 Å². The van der Waals surface area contributed by atoms with Gasteiger partial charge in [-0.25, -0.2) is 0 Å². The normalized spacial score (nSPS) is 10.1. The zero-order chi connectivity index (χ0) is 13.2. The van der Waals surface area contributed by atoms with Crippen LogP contribution in [0.4, 0.5) is 0 Å². The average Bonchev–Trinajstić information content (AvgIpc) is 2.42. The summed E-state index contributed by atoms with van der Waals surface area (Å²) in [6.07, 6.45) is 2.06. The van der Waals surface area contributed by atoms with Gasteiger partial charge in [0, 0.05) is 19.6 Å². The summed E-state index contributed by atoms with van der Waals surface area (Å²) in [7, 11) is 0. The molecular weight excluding hydrogens is 228 g/mol. The van der Waals surface area contributed by atoms with Crippen molar-refractivity contribution < 1.29 is 9.53 Å². The topological polar surface area (TPSA) is 55.6 Å². The summed E-state index contributed by atoms with van der Waals surface area (Å²) in [6.45, 7) is 4.02. The monoisotopic (exact) mass is 250 g/mol. The minimum atomic E-state index is -0.00208. The highest BCUT2D eigenvalue weighted by molar-refractivity contribution is 5.77. The van der Waals surface area contributed by atoms with Crippen molar-refractivity contribution in [3.05, 3.63) is 30.3 Å². The number of hydrogen-bond acceptors (Lipinski definition) is 3. The van der Waals surface area contributed by atoms with Crippen LogP contribution in [0.2, 0.25) is 0 Å². The third kappa shape index (κ3) is 5.19. The van der Waals surface area contributed by atoms with Gasteiger partial charge in [-0.2, -0.15) is 0 Å². The first-order valence-electron chi connectivity index (χ1n) is 6.43. The first-order valence-corrected chi connectivity index (χ1v) is 6.43. The van der Waals surface area contributed by atoms with Crippen LogP contribution in [0.15, 0.2) is 30.3 Å². The van der Waals surface area contributed by atoms with E-state index in [4.69, 9.17) is 10.5 Å². The molecule has 1 aromatic rings. The highest BCUT2D eigenvalue weighted by atomic mass is 16.5. The lowest BCUT2D eigenvalue weighted by atomic mass is 10.3. The maximum Gasteiger partial charge on any atom is 0.260 e. The van der Waals surface area contributed by atoms with E-state index in [2.05, 4.69) is 6.92 Å². The highest BCUT2D eigenvalue weighted by Gasteiger charge is 2.12. The van der Waals surface area contributed by atoms with E-state index in [0.717, 1.165) is 19.4 Å². The number of unbranched alkanes of at least 4 members (excludes halogenated alkanes) is 1. The second-order valence-corrected chi connectivity index (χ2v) is 4.12. The first kappa shape index (κ1) is 14.5. The van der Waals surface area contributed by atoms with Gasteiger partial charge in [-0.15, -0.1) is 0 Å². The lowest BCUT2D eigenvalue weighted by Gasteiger charge is -2.21. The Morgan fingerprint density at radius 2 is 2.00 bits per heavy atom. The molecule has 4 heteroatoms. The van der Waals surface area contributed by atoms with Gasteiger partial charge in [0.15, 0.2) is 6.61 Å². The van der Waals surface area contributed by atoms with Gasteiger partial charge in [0.2, 0.25) is 0 Å². The van der Waals surface area contributed by atoms with Gasteiger partial charge in [-0.1, -0.05) is 31.5 Å². The number of amides is 1. The lowest BCUT2D eigenvalue weighted by molar-refractivity contribution is -0.133. The Labute approximate surface area is 109 Å². The molecule has 1 amide bonds. The minimum absolute atomic E-state index is 0.00208. The zero-order valence-corrected chi connectivity index (χ0v) is 11.0. The molecule has 0 aliphatic carbocycles. The Morgan fingerprint density at radius 3 is 2.61 bits per heavy atom. The van der Waals surface area contributed by atoms with E-state index >= 15 is 0 Å². The molecule has 0 saturated heterocycles. The van der Waals surface area contributed by atoms with Crippen LogP contribution >= 0.6 is 0 Å². The van der Waals surface area contributed by atoms with Gasteiger partial charge in [-0.05, 0) is 18.6 Å². The van der Waals surface area contributed by atoms with Crippen molar-refractivity contribution in [2.45, 2.75) is 19.8 Å². The van der Waals surface area contributed by atoms with Crippen LogP contribution in [0.1, 0.15) is 19.8 Å². The summed E-state index contributed by atoms with van der Waals surface area (Å²) in [5, 5.41) is 0. The molecule has 100 valence electrons. The van der Waals surface area contributed by atoms with Crippen LogP contribution in [0, 0.1) is 0 Å². The van der Waals surface area contributed by atoms with Crippen LogP contribution < -0.4 is 10.5 Å². The zero-order valence-electron chi connectivity index (χ0n) is 11.0. The molecule has 0 heterocycles. The third-order valence-electron chi connectivity index (χ3n) is 2.64. The molecule has 4 nitrogen and oxygen atoms in total. The number of nitrogens with zero attached hydrogens (tertiary/aromatic N) is 1. The smallest absolute Gasteiger partial charge is 0.260 e. The van der Waals surface area contributed by atoms with Crippen LogP contribution in [0.25, 0.3) is 0 Å². The Hall–Kier alpha value is -1.55. The molecule has 0 aromatic heterocycles. The fraction of sp³-hybridized carbons (Fsp3) is 0.500. The van der Waals surface area contributed by atoms with Crippen LogP contribution in [0.3, 0.4) is 0 Å². The van der Waals surface area contributed by atoms with Crippen LogP contribution in [0.5, 0.6) is 5.75 Å². The van der Waals surface area contributed by atoms with Crippen molar-refractivity contribution in [1.29, 1.82) is 0 Å². The third-order valence-corrected chi connectivity index (χ3v) is 2.64. The summed E-state index contributed by atoms with van der Waals surface area (Å²) in [4.78, 5) is 13.7. The second-order valence-electron chi connectivity index (χ2n) is 4.12. The number of ether oxygens (including phenoxy) is 1. The molecule has 0 spiro atoms. The number of hydrogen-bond donors (Lipinski definition) is 1. The molecular formula is C14H22N2O2. The Kier molecular flexibility index (Phi) is 6.87. The van der Waals surface area contributed by atoms with E-state index in [1.165, 1.54) is 0 Å². The van der Waals surface area contributed by atoms with Gasteiger partial charge in [0.25, 0.3) is 5.91 Å². The molecule has 0 bridgehead atoms. The Morgan fingerprint density at radius 1 is 1.28 bits per heavy atom. The standard InChI is InChI=1S/C14H22N2O2/c1-2-3-10-16(11-9-15)14(17)12-18-13-7-5-4-6-8-13/h4-8H,2-3,9-12,15H2,1H3. The molecule has 2 N–H and O–H groups in total. The number of rotatable bonds is 8. The van der Waals surface area contributed by atoms with Gasteiger partial charge in [-0.3, -0.25) is 4.79 Å². The molecule has 0 saturated carbocycles. The largest absolute Gasteiger partial charge is 0.484 e. The van der Waals surface area contributed by atoms with Crippen molar-refractivity contribution in [3.63, 3.8) is 0 Å². The SMILES string of the molecule is CCCCN(CCN)C(=O)COc1ccccc1. The predicted molar refractivity (Wildman–Crippen MR) is 72.5 cm³/mol. The minimum Gasteiger partial charge on any atom is -0.484 e. The summed E-state index contributed by atoms with van der Waals surface area (Å²) in [5.74, 6) is 0.715. The fourth-order valence-corrected chi connectivity index (χ4v) is 1.62. The predicted octanol–water partition coefficient (Wildman–Crippen LogP) is 1.65. The average molecular weight is 250 g/mol. The van der Waals surface area contributed by atoms with Gasteiger partial charge in [0.1, 0.15) is 5.75 Å². The van der Waals surface area contributed by atoms with Crippen LogP contribution in [-0.2, 0) is 4.79 Å². The van der Waals surface area contributed by atoms with Crippen molar-refractivity contribution >= 4 is 5.91 Å². The second kappa shape index (κ2) is 8.53. The Balaban J connectivity index is 2.40. The van der Waals surface area contributed by atoms with E-state index in [0.29, 0.717) is 18.8 Å². The van der Waals surface area contributed by atoms with E-state index in [9.17, 15) is 4.79 Å². The molecule has 0 aliphatic rings. The number of carbonyl (C=O) groups excluding carboxylic acids is 1. The van der Waals surface area contributed by atoms with Crippen molar-refractivity contribution in [2.24, 2.45) is 5.73 Å². The van der Waals surface area contributed by atoms with Crippen molar-refractivity contribution in [2.75, 3.05) is 26.2 Å². The number of para-hydroxylation sites is 1. The molecule has 1 rings (SSSR count). The lowest BCUT2D eigenvalue weighted by Crippen LogP contribution is -2.39. The van der Waals surface area contributed by atoms with E-state index in [1.807, 2.05) is 30.3 Å². The summed E-state index contributed by atoms with van der Waals surface area (Å²) in [5.41, 5.74) is 5.51. The molecule has 1 aromatic carbocycles. The molecule has 0 fully saturated rings. The highest BCUT2D eigenvalue weighted by Crippen LogP contribution is 2.08. The van der Waals surface area contributed by atoms with Gasteiger partial charge < -0.3 is 15.4 Å². The van der Waals surface area contributed by atoms with E-state index < -0.39 is 0 Å². The number of carbonyl (C=O) groups is 1. The number of nitrogens with two attached hydrogens (primary N) is 1. The van der Waals surface area contributed by atoms with Crippen molar-refractivity contribution in [1.82, 2.24) is 4.90 Å². The number of benzene rings is 1.